The number of nitrogen functional groups attached to an aromatic ring is 2. The number of aliphatic imine (C=N–C) groups is 3. The normalized spacial score (nSPS) is 13.1. The standard InChI is InChI=1S/C48H83ClN18O8/c1-47(2,3)74-45(71)65-43(55)60-23-11-8-16-33(50)39(68)57-25-13-27-67(28-14-26-58-40(69)34(51)17-9-12-24-61-44(56)66-46(72)75-48(4,5)6)29-30-73-32-20-18-31(19-21-32)15-7-10-22-59-42(54)64-41(70)35-37(52)63-38(53)36(49)62-35/h18-21,33-34H,7-17,22-30,50-51H2,1-6H3,(H,57,68)(H,58,69)(H4,52,53,63)(H3,54,59,64,70)(H3,55,60,65,71)(H3,56,61,66,72)/t33-,34+. The second-order valence-corrected chi connectivity index (χ2v) is 19.8. The fourth-order valence-corrected chi connectivity index (χ4v) is 6.77. The average molecular weight is 1080 g/mol. The number of carbonyl (C=O) groups excluding carboxylic acids is 5. The van der Waals surface area contributed by atoms with Crippen molar-refractivity contribution in [2.24, 2.45) is 43.6 Å². The largest absolute Gasteiger partial charge is 0.492 e. The molecule has 0 aliphatic heterocycles. The maximum absolute atomic E-state index is 12.8. The number of rotatable bonds is 30. The maximum atomic E-state index is 12.8. The van der Waals surface area contributed by atoms with Gasteiger partial charge in [0.25, 0.3) is 5.91 Å². The number of nitrogens with one attached hydrogen (secondary N) is 5. The summed E-state index contributed by atoms with van der Waals surface area (Å²) in [6, 6.07) is 6.44. The zero-order valence-electron chi connectivity index (χ0n) is 44.5. The minimum atomic E-state index is -0.705. The van der Waals surface area contributed by atoms with Gasteiger partial charge in [-0.1, -0.05) is 23.7 Å². The molecular weight excluding hydrogens is 992 g/mol. The van der Waals surface area contributed by atoms with Crippen molar-refractivity contribution in [1.29, 1.82) is 0 Å². The van der Waals surface area contributed by atoms with Crippen molar-refractivity contribution in [1.82, 2.24) is 41.5 Å². The summed E-state index contributed by atoms with van der Waals surface area (Å²) in [4.78, 5) is 84.1. The monoisotopic (exact) mass is 1070 g/mol. The van der Waals surface area contributed by atoms with E-state index >= 15 is 0 Å². The Morgan fingerprint density at radius 3 is 1.55 bits per heavy atom. The topological polar surface area (TPSA) is 421 Å². The van der Waals surface area contributed by atoms with Crippen LogP contribution in [0.25, 0.3) is 0 Å². The van der Waals surface area contributed by atoms with Crippen molar-refractivity contribution in [3.05, 3.63) is 40.7 Å². The van der Waals surface area contributed by atoms with Gasteiger partial charge < -0.3 is 65.0 Å². The summed E-state index contributed by atoms with van der Waals surface area (Å²) in [6.07, 6.45) is 5.62. The molecule has 0 saturated heterocycles. The number of carbonyl (C=O) groups is 5. The molecule has 2 rings (SSSR count). The van der Waals surface area contributed by atoms with Crippen molar-refractivity contribution in [3.63, 3.8) is 0 Å². The molecule has 2 atom stereocenters. The van der Waals surface area contributed by atoms with E-state index in [1.165, 1.54) is 0 Å². The van der Waals surface area contributed by atoms with Gasteiger partial charge >= 0.3 is 12.2 Å². The van der Waals surface area contributed by atoms with Crippen LogP contribution in [0.1, 0.15) is 122 Å². The quantitative estimate of drug-likeness (QED) is 0.0301. The number of hydrogen-bond acceptors (Lipinski definition) is 18. The highest BCUT2D eigenvalue weighted by Gasteiger charge is 2.20. The van der Waals surface area contributed by atoms with Crippen molar-refractivity contribution >= 4 is 71.0 Å². The minimum Gasteiger partial charge on any atom is -0.492 e. The van der Waals surface area contributed by atoms with Gasteiger partial charge in [0.15, 0.2) is 40.4 Å². The van der Waals surface area contributed by atoms with Gasteiger partial charge in [-0.3, -0.25) is 50.2 Å². The number of benzene rings is 1. The number of unbranched alkanes of at least 4 members (excludes halogenated alkanes) is 3. The number of nitrogens with zero attached hydrogens (tertiary/aromatic N) is 6. The number of hydrogen-bond donors (Lipinski definition) is 12. The Bertz CT molecular complexity index is 2120. The molecule has 1 aromatic carbocycles. The summed E-state index contributed by atoms with van der Waals surface area (Å²) in [7, 11) is 0. The molecule has 19 N–H and O–H groups in total. The number of nitrogens with two attached hydrogens (primary N) is 7. The number of alkyl carbamates (subject to hydrolysis) is 2. The number of halogens is 1. The molecule has 0 saturated carbocycles. The van der Waals surface area contributed by atoms with Crippen LogP contribution in [0.2, 0.25) is 5.15 Å². The highest BCUT2D eigenvalue weighted by atomic mass is 35.5. The Kier molecular flexibility index (Phi) is 29.1. The number of anilines is 2. The lowest BCUT2D eigenvalue weighted by molar-refractivity contribution is -0.123. The van der Waals surface area contributed by atoms with Crippen LogP contribution in [0.4, 0.5) is 21.2 Å². The molecule has 0 bridgehead atoms. The first-order chi connectivity index (χ1) is 35.3. The molecule has 0 fully saturated rings. The van der Waals surface area contributed by atoms with Crippen LogP contribution in [-0.4, -0.2) is 145 Å². The molecule has 27 heteroatoms. The number of aryl methyl sites for hydroxylation is 1. The molecular formula is C48H83ClN18O8. The molecule has 0 unspecified atom stereocenters. The molecule has 26 nitrogen and oxygen atoms in total. The van der Waals surface area contributed by atoms with Crippen LogP contribution in [-0.2, 0) is 25.5 Å². The fourth-order valence-electron chi connectivity index (χ4n) is 6.64. The summed E-state index contributed by atoms with van der Waals surface area (Å²) >= 11 is 5.86. The van der Waals surface area contributed by atoms with E-state index in [9.17, 15) is 24.0 Å². The van der Waals surface area contributed by atoms with Gasteiger partial charge in [-0.2, -0.15) is 0 Å². The molecule has 0 radical (unpaired) electrons. The van der Waals surface area contributed by atoms with Crippen LogP contribution in [0.15, 0.2) is 39.2 Å². The first-order valence-corrected chi connectivity index (χ1v) is 25.5. The third-order valence-corrected chi connectivity index (χ3v) is 10.6. The molecule has 0 aliphatic carbocycles. The summed E-state index contributed by atoms with van der Waals surface area (Å²) in [6.45, 7) is 14.6. The van der Waals surface area contributed by atoms with E-state index in [1.807, 2.05) is 24.3 Å². The second-order valence-electron chi connectivity index (χ2n) is 19.4. The Morgan fingerprint density at radius 1 is 0.627 bits per heavy atom. The molecule has 75 heavy (non-hydrogen) atoms. The van der Waals surface area contributed by atoms with Crippen molar-refractivity contribution in [2.75, 3.05) is 70.4 Å². The van der Waals surface area contributed by atoms with E-state index in [0.29, 0.717) is 123 Å². The first-order valence-electron chi connectivity index (χ1n) is 25.1. The van der Waals surface area contributed by atoms with Crippen LogP contribution in [0, 0.1) is 0 Å². The summed E-state index contributed by atoms with van der Waals surface area (Å²) < 4.78 is 16.4. The predicted octanol–water partition coefficient (Wildman–Crippen LogP) is 1.73. The molecule has 5 amide bonds. The molecule has 1 heterocycles. The van der Waals surface area contributed by atoms with Gasteiger partial charge in [-0.25, -0.2) is 19.6 Å². The van der Waals surface area contributed by atoms with E-state index in [-0.39, 0.29) is 52.2 Å². The SMILES string of the molecule is CC(C)(C)OC(=O)NC(N)=NCCCC[C@@H](N)C(=O)NCCCN(CCCNC(=O)[C@@H](N)CCCCN=C(N)NC(=O)OC(C)(C)C)CCOc1ccc(CCCCN=C(N)NC(=O)c2nc(Cl)c(N)nc2N)cc1. The number of aromatic nitrogens is 2. The van der Waals surface area contributed by atoms with E-state index in [0.717, 1.165) is 18.4 Å². The van der Waals surface area contributed by atoms with E-state index in [1.54, 1.807) is 41.5 Å². The lowest BCUT2D eigenvalue weighted by Crippen LogP contribution is -2.42. The molecule has 0 aliphatic rings. The van der Waals surface area contributed by atoms with E-state index in [2.05, 4.69) is 56.4 Å². The number of guanidine groups is 3. The Balaban J connectivity index is 1.83. The van der Waals surface area contributed by atoms with Gasteiger partial charge in [0.05, 0.1) is 12.1 Å². The average Bonchev–Trinajstić information content (AvgIpc) is 3.31. The second kappa shape index (κ2) is 33.9. The maximum Gasteiger partial charge on any atom is 0.414 e. The summed E-state index contributed by atoms with van der Waals surface area (Å²) in [5, 5.41) is 12.9. The number of amides is 5. The van der Waals surface area contributed by atoms with Gasteiger partial charge in [0.1, 0.15) is 23.6 Å². The lowest BCUT2D eigenvalue weighted by Gasteiger charge is -2.23. The van der Waals surface area contributed by atoms with Gasteiger partial charge in [0, 0.05) is 39.3 Å². The van der Waals surface area contributed by atoms with Gasteiger partial charge in [-0.15, -0.1) is 0 Å². The third-order valence-electron chi connectivity index (χ3n) is 10.4. The van der Waals surface area contributed by atoms with Crippen molar-refractivity contribution < 1.29 is 38.2 Å². The van der Waals surface area contributed by atoms with Crippen LogP contribution in [0.5, 0.6) is 5.75 Å². The van der Waals surface area contributed by atoms with Crippen molar-refractivity contribution in [2.45, 2.75) is 135 Å². The van der Waals surface area contributed by atoms with E-state index < -0.39 is 41.4 Å². The van der Waals surface area contributed by atoms with Gasteiger partial charge in [-0.05, 0) is 143 Å². The molecule has 1 aromatic heterocycles. The fraction of sp³-hybridized carbons (Fsp3) is 0.625. The zero-order valence-corrected chi connectivity index (χ0v) is 45.2. The minimum absolute atomic E-state index is 0.0471. The Labute approximate surface area is 445 Å². The summed E-state index contributed by atoms with van der Waals surface area (Å²) in [5.74, 6) is -0.960. The Hall–Kier alpha value is -6.77. The van der Waals surface area contributed by atoms with Crippen LogP contribution < -0.4 is 71.5 Å². The van der Waals surface area contributed by atoms with Crippen LogP contribution >= 0.6 is 11.6 Å². The smallest absolute Gasteiger partial charge is 0.414 e. The lowest BCUT2D eigenvalue weighted by atomic mass is 10.1. The predicted molar refractivity (Wildman–Crippen MR) is 292 cm³/mol. The number of ether oxygens (including phenoxy) is 3. The highest BCUT2D eigenvalue weighted by Crippen LogP contribution is 2.18. The Morgan fingerprint density at radius 2 is 1.08 bits per heavy atom. The molecule has 420 valence electrons. The highest BCUT2D eigenvalue weighted by molar-refractivity contribution is 6.31. The zero-order chi connectivity index (χ0) is 56.0. The van der Waals surface area contributed by atoms with Crippen molar-refractivity contribution in [3.8, 4) is 5.75 Å². The third kappa shape index (κ3) is 30.3. The van der Waals surface area contributed by atoms with Crippen LogP contribution in [0.3, 0.4) is 0 Å². The first kappa shape index (κ1) is 64.3. The molecule has 2 aromatic rings. The van der Waals surface area contributed by atoms with Gasteiger partial charge in [0.2, 0.25) is 11.8 Å². The summed E-state index contributed by atoms with van der Waals surface area (Å²) in [5.41, 5.74) is 40.6. The molecule has 0 spiro atoms. The van der Waals surface area contributed by atoms with E-state index in [4.69, 9.17) is 65.9 Å².